The van der Waals surface area contributed by atoms with Gasteiger partial charge in [-0.2, -0.15) is 4.31 Å². The third kappa shape index (κ3) is 3.52. The van der Waals surface area contributed by atoms with Crippen LogP contribution in [0, 0.1) is 5.82 Å². The number of hydrogen-bond donors (Lipinski definition) is 0. The molecule has 6 nitrogen and oxygen atoms in total. The number of fused-ring (bicyclic) bond motifs is 1. The molecule has 0 bridgehead atoms. The van der Waals surface area contributed by atoms with Crippen LogP contribution in [0.1, 0.15) is 17.8 Å². The van der Waals surface area contributed by atoms with Gasteiger partial charge in [-0.25, -0.2) is 17.8 Å². The van der Waals surface area contributed by atoms with Crippen molar-refractivity contribution in [2.24, 2.45) is 0 Å². The number of carbonyl (C=O) groups excluding carboxylic acids is 1. The molecule has 0 radical (unpaired) electrons. The number of para-hydroxylation sites is 1. The summed E-state index contributed by atoms with van der Waals surface area (Å²) >= 11 is 1.42. The van der Waals surface area contributed by atoms with Gasteiger partial charge in [-0.1, -0.05) is 24.3 Å². The molecule has 0 N–H and O–H groups in total. The molecule has 1 aliphatic rings. The van der Waals surface area contributed by atoms with Crippen molar-refractivity contribution in [1.82, 2.24) is 9.29 Å². The first-order chi connectivity index (χ1) is 13.5. The zero-order valence-electron chi connectivity index (χ0n) is 14.7. The number of sulfonamides is 1. The van der Waals surface area contributed by atoms with Gasteiger partial charge in [0.15, 0.2) is 0 Å². The average Bonchev–Trinajstić information content (AvgIpc) is 3.33. The molecule has 146 valence electrons. The molecule has 0 saturated carbocycles. The summed E-state index contributed by atoms with van der Waals surface area (Å²) in [4.78, 5) is 16.5. The maximum atomic E-state index is 14.0. The summed E-state index contributed by atoms with van der Waals surface area (Å²) in [5, 5.41) is 0.635. The van der Waals surface area contributed by atoms with Gasteiger partial charge in [0.25, 0.3) is 0 Å². The second kappa shape index (κ2) is 7.57. The molecule has 4 rings (SSSR count). The first-order valence-corrected chi connectivity index (χ1v) is 11.0. The number of thiazole rings is 1. The maximum Gasteiger partial charge on any atom is 0.324 e. The van der Waals surface area contributed by atoms with Crippen molar-refractivity contribution in [1.29, 1.82) is 0 Å². The molecule has 9 heteroatoms. The van der Waals surface area contributed by atoms with E-state index in [1.807, 2.05) is 24.3 Å². The van der Waals surface area contributed by atoms with Crippen molar-refractivity contribution in [3.63, 3.8) is 0 Å². The highest BCUT2D eigenvalue weighted by atomic mass is 32.2. The Balaban J connectivity index is 1.49. The lowest BCUT2D eigenvalue weighted by atomic mass is 10.2. The highest BCUT2D eigenvalue weighted by Crippen LogP contribution is 2.29. The monoisotopic (exact) mass is 420 g/mol. The lowest BCUT2D eigenvalue weighted by Crippen LogP contribution is -2.41. The number of carbonyl (C=O) groups is 1. The molecule has 2 heterocycles. The molecule has 1 atom stereocenters. The summed E-state index contributed by atoms with van der Waals surface area (Å²) < 4.78 is 47.0. The zero-order valence-corrected chi connectivity index (χ0v) is 16.4. The summed E-state index contributed by atoms with van der Waals surface area (Å²) in [6.45, 7) is 0.125. The highest BCUT2D eigenvalue weighted by molar-refractivity contribution is 7.89. The van der Waals surface area contributed by atoms with Crippen LogP contribution in [-0.4, -0.2) is 36.3 Å². The minimum Gasteiger partial charge on any atom is -0.457 e. The number of hydrogen-bond acceptors (Lipinski definition) is 6. The number of halogens is 1. The van der Waals surface area contributed by atoms with E-state index in [1.54, 1.807) is 0 Å². The number of esters is 1. The van der Waals surface area contributed by atoms with Gasteiger partial charge in [0, 0.05) is 6.54 Å². The first-order valence-electron chi connectivity index (χ1n) is 8.74. The number of rotatable bonds is 5. The van der Waals surface area contributed by atoms with E-state index in [0.29, 0.717) is 17.8 Å². The van der Waals surface area contributed by atoms with Crippen LogP contribution in [0.25, 0.3) is 10.2 Å². The Bertz CT molecular complexity index is 1100. The predicted octanol–water partition coefficient (Wildman–Crippen LogP) is 3.33. The van der Waals surface area contributed by atoms with E-state index in [2.05, 4.69) is 4.98 Å². The highest BCUT2D eigenvalue weighted by Gasteiger charge is 2.41. The molecule has 0 unspecified atom stereocenters. The lowest BCUT2D eigenvalue weighted by Gasteiger charge is -2.22. The molecule has 0 spiro atoms. The van der Waals surface area contributed by atoms with Gasteiger partial charge in [-0.3, -0.25) is 4.79 Å². The minimum atomic E-state index is -4.12. The van der Waals surface area contributed by atoms with Gasteiger partial charge in [0.2, 0.25) is 10.0 Å². The van der Waals surface area contributed by atoms with E-state index in [-0.39, 0.29) is 13.2 Å². The Morgan fingerprint density at radius 1 is 1.21 bits per heavy atom. The average molecular weight is 420 g/mol. The van der Waals surface area contributed by atoms with Gasteiger partial charge in [-0.05, 0) is 37.1 Å². The topological polar surface area (TPSA) is 76.6 Å². The summed E-state index contributed by atoms with van der Waals surface area (Å²) in [5.74, 6) is -1.48. The Labute approximate surface area is 165 Å². The van der Waals surface area contributed by atoms with Crippen LogP contribution in [0.5, 0.6) is 0 Å². The van der Waals surface area contributed by atoms with Crippen molar-refractivity contribution in [3.05, 3.63) is 59.4 Å². The molecule has 0 aliphatic carbocycles. The maximum absolute atomic E-state index is 14.0. The van der Waals surface area contributed by atoms with Crippen LogP contribution >= 0.6 is 11.3 Å². The Kier molecular flexibility index (Phi) is 5.13. The van der Waals surface area contributed by atoms with Crippen molar-refractivity contribution >= 4 is 37.5 Å². The molecular formula is C19H17FN2O4S2. The van der Waals surface area contributed by atoms with Crippen molar-refractivity contribution < 1.29 is 22.3 Å². The molecule has 28 heavy (non-hydrogen) atoms. The molecule has 1 fully saturated rings. The standard InChI is InChI=1S/C19H17FN2O4S2/c20-13-6-1-4-10-17(13)28(24,25)22-11-5-8-15(22)19(23)26-12-18-21-14-7-2-3-9-16(14)27-18/h1-4,6-7,9-10,15H,5,8,11-12H2/t15-/m1/s1. The summed E-state index contributed by atoms with van der Waals surface area (Å²) in [6, 6.07) is 11.8. The molecule has 3 aromatic rings. The van der Waals surface area contributed by atoms with Gasteiger partial charge < -0.3 is 4.74 Å². The van der Waals surface area contributed by atoms with E-state index >= 15 is 0 Å². The fraction of sp³-hybridized carbons (Fsp3) is 0.263. The van der Waals surface area contributed by atoms with Gasteiger partial charge in [0.05, 0.1) is 10.2 Å². The van der Waals surface area contributed by atoms with Crippen LogP contribution < -0.4 is 0 Å². The number of aromatic nitrogens is 1. The van der Waals surface area contributed by atoms with Crippen molar-refractivity contribution in [2.75, 3.05) is 6.54 Å². The van der Waals surface area contributed by atoms with Gasteiger partial charge in [-0.15, -0.1) is 11.3 Å². The van der Waals surface area contributed by atoms with E-state index in [9.17, 15) is 17.6 Å². The van der Waals surface area contributed by atoms with Gasteiger partial charge >= 0.3 is 5.97 Å². The summed E-state index contributed by atoms with van der Waals surface area (Å²) in [7, 11) is -4.12. The minimum absolute atomic E-state index is 0.0255. The molecule has 0 amide bonds. The summed E-state index contributed by atoms with van der Waals surface area (Å²) in [5.41, 5.74) is 0.822. The smallest absolute Gasteiger partial charge is 0.324 e. The fourth-order valence-corrected chi connectivity index (χ4v) is 5.85. The first kappa shape index (κ1) is 19.0. The number of nitrogens with zero attached hydrogens (tertiary/aromatic N) is 2. The molecule has 1 saturated heterocycles. The lowest BCUT2D eigenvalue weighted by molar-refractivity contribution is -0.148. The van der Waals surface area contributed by atoms with Crippen molar-refractivity contribution in [2.45, 2.75) is 30.4 Å². The second-order valence-corrected chi connectivity index (χ2v) is 9.36. The quantitative estimate of drug-likeness (QED) is 0.592. The Hall–Kier alpha value is -2.36. The zero-order chi connectivity index (χ0) is 19.7. The molecular weight excluding hydrogens is 403 g/mol. The van der Waals surface area contributed by atoms with Crippen LogP contribution in [0.3, 0.4) is 0 Å². The molecule has 2 aromatic carbocycles. The second-order valence-electron chi connectivity index (χ2n) is 6.39. The normalized spacial score (nSPS) is 17.8. The largest absolute Gasteiger partial charge is 0.457 e. The van der Waals surface area contributed by atoms with E-state index in [4.69, 9.17) is 4.74 Å². The number of benzene rings is 2. The third-order valence-electron chi connectivity index (χ3n) is 4.58. The Morgan fingerprint density at radius 2 is 1.96 bits per heavy atom. The molecule has 1 aromatic heterocycles. The predicted molar refractivity (Wildman–Crippen MR) is 103 cm³/mol. The number of ether oxygens (including phenoxy) is 1. The fourth-order valence-electron chi connectivity index (χ4n) is 3.25. The molecule has 1 aliphatic heterocycles. The summed E-state index contributed by atoms with van der Waals surface area (Å²) in [6.07, 6.45) is 0.848. The van der Waals surface area contributed by atoms with E-state index < -0.39 is 32.7 Å². The Morgan fingerprint density at radius 3 is 2.75 bits per heavy atom. The van der Waals surface area contributed by atoms with Crippen LogP contribution in [-0.2, 0) is 26.2 Å². The van der Waals surface area contributed by atoms with Crippen LogP contribution in [0.4, 0.5) is 4.39 Å². The SMILES string of the molecule is O=C(OCc1nc2ccccc2s1)[C@H]1CCCN1S(=O)(=O)c1ccccc1F. The van der Waals surface area contributed by atoms with Crippen LogP contribution in [0.15, 0.2) is 53.4 Å². The van der Waals surface area contributed by atoms with E-state index in [0.717, 1.165) is 20.6 Å². The third-order valence-corrected chi connectivity index (χ3v) is 7.53. The van der Waals surface area contributed by atoms with E-state index in [1.165, 1.54) is 29.5 Å². The van der Waals surface area contributed by atoms with Gasteiger partial charge in [0.1, 0.15) is 28.4 Å². The van der Waals surface area contributed by atoms with Crippen molar-refractivity contribution in [3.8, 4) is 0 Å². The van der Waals surface area contributed by atoms with Crippen LogP contribution in [0.2, 0.25) is 0 Å².